The lowest BCUT2D eigenvalue weighted by atomic mass is 9.99. The lowest BCUT2D eigenvalue weighted by Gasteiger charge is -2.21. The molecule has 3 N–H and O–H groups in total. The van der Waals surface area contributed by atoms with Gasteiger partial charge in [-0.1, -0.05) is 11.6 Å². The number of ether oxygens (including phenoxy) is 1. The Kier molecular flexibility index (Phi) is 4.64. The molecule has 2 rings (SSSR count). The number of rotatable bonds is 3. The van der Waals surface area contributed by atoms with Crippen molar-refractivity contribution in [2.45, 2.75) is 17.7 Å². The molecular weight excluding hydrogens is 304 g/mol. The highest BCUT2D eigenvalue weighted by Gasteiger charge is 2.22. The molecule has 0 saturated carbocycles. The Bertz CT molecular complexity index is 612. The van der Waals surface area contributed by atoms with E-state index in [4.69, 9.17) is 21.5 Å². The molecule has 1 aliphatic rings. The number of hydrogen-bond donors (Lipinski definition) is 2. The zero-order valence-electron chi connectivity index (χ0n) is 10.6. The predicted molar refractivity (Wildman–Crippen MR) is 75.0 cm³/mol. The maximum absolute atomic E-state index is 12.1. The van der Waals surface area contributed by atoms with E-state index in [1.807, 2.05) is 0 Å². The van der Waals surface area contributed by atoms with E-state index in [1.165, 1.54) is 18.2 Å². The molecule has 1 saturated heterocycles. The van der Waals surface area contributed by atoms with E-state index in [0.29, 0.717) is 26.1 Å². The Balaban J connectivity index is 2.18. The minimum absolute atomic E-state index is 0.0934. The van der Waals surface area contributed by atoms with E-state index in [2.05, 4.69) is 5.32 Å². The molecule has 6 nitrogen and oxygen atoms in total. The van der Waals surface area contributed by atoms with Gasteiger partial charge >= 0.3 is 0 Å². The molecule has 1 aromatic rings. The molecule has 0 aromatic heterocycles. The lowest BCUT2D eigenvalue weighted by molar-refractivity contribution is -0.122. The summed E-state index contributed by atoms with van der Waals surface area (Å²) in [4.78, 5) is 12.0. The molecule has 0 unspecified atom stereocenters. The second-order valence-corrected chi connectivity index (χ2v) is 6.53. The number of sulfonamides is 1. The van der Waals surface area contributed by atoms with E-state index in [0.717, 1.165) is 0 Å². The van der Waals surface area contributed by atoms with Crippen molar-refractivity contribution < 1.29 is 17.9 Å². The number of nitrogens with one attached hydrogen (secondary N) is 1. The quantitative estimate of drug-likeness (QED) is 0.878. The predicted octanol–water partition coefficient (Wildman–Crippen LogP) is 1.35. The van der Waals surface area contributed by atoms with Gasteiger partial charge in [-0.05, 0) is 31.0 Å². The Morgan fingerprint density at radius 3 is 2.60 bits per heavy atom. The Hall–Kier alpha value is -1.15. The first-order valence-electron chi connectivity index (χ1n) is 6.09. The second kappa shape index (κ2) is 6.09. The average Bonchev–Trinajstić information content (AvgIpc) is 2.41. The standard InChI is InChI=1S/C12H15ClN2O4S/c13-10-2-1-9(20(14,17)18)7-11(10)15-12(16)8-3-5-19-6-4-8/h1-2,7-8H,3-6H2,(H,15,16)(H2,14,17,18). The largest absolute Gasteiger partial charge is 0.381 e. The fourth-order valence-electron chi connectivity index (χ4n) is 1.97. The number of carbonyl (C=O) groups is 1. The SMILES string of the molecule is NS(=O)(=O)c1ccc(Cl)c(NC(=O)C2CCOCC2)c1. The summed E-state index contributed by atoms with van der Waals surface area (Å²) < 4.78 is 27.8. The smallest absolute Gasteiger partial charge is 0.238 e. The molecule has 0 atom stereocenters. The van der Waals surface area contributed by atoms with Gasteiger partial charge in [0.25, 0.3) is 0 Å². The van der Waals surface area contributed by atoms with Crippen molar-refractivity contribution in [3.63, 3.8) is 0 Å². The fraction of sp³-hybridized carbons (Fsp3) is 0.417. The van der Waals surface area contributed by atoms with E-state index < -0.39 is 10.0 Å². The third kappa shape index (κ3) is 3.69. The highest BCUT2D eigenvalue weighted by atomic mass is 35.5. The first-order valence-corrected chi connectivity index (χ1v) is 8.01. The second-order valence-electron chi connectivity index (χ2n) is 4.56. The molecule has 1 fully saturated rings. The molecule has 1 amide bonds. The number of primary sulfonamides is 1. The van der Waals surface area contributed by atoms with Crippen molar-refractivity contribution in [3.8, 4) is 0 Å². The van der Waals surface area contributed by atoms with E-state index in [9.17, 15) is 13.2 Å². The van der Waals surface area contributed by atoms with Gasteiger partial charge in [-0.15, -0.1) is 0 Å². The van der Waals surface area contributed by atoms with Crippen molar-refractivity contribution in [1.29, 1.82) is 0 Å². The van der Waals surface area contributed by atoms with Crippen LogP contribution in [0.3, 0.4) is 0 Å². The first kappa shape index (κ1) is 15.2. The zero-order chi connectivity index (χ0) is 14.8. The van der Waals surface area contributed by atoms with Crippen LogP contribution in [0.4, 0.5) is 5.69 Å². The molecular formula is C12H15ClN2O4S. The average molecular weight is 319 g/mol. The van der Waals surface area contributed by atoms with Gasteiger partial charge in [-0.25, -0.2) is 13.6 Å². The summed E-state index contributed by atoms with van der Waals surface area (Å²) in [6.45, 7) is 1.09. The van der Waals surface area contributed by atoms with Gasteiger partial charge in [0.1, 0.15) is 0 Å². The fourth-order valence-corrected chi connectivity index (χ4v) is 2.68. The van der Waals surface area contributed by atoms with Crippen LogP contribution in [-0.4, -0.2) is 27.5 Å². The minimum atomic E-state index is -3.83. The van der Waals surface area contributed by atoms with Gasteiger partial charge in [0.05, 0.1) is 15.6 Å². The van der Waals surface area contributed by atoms with E-state index >= 15 is 0 Å². The Morgan fingerprint density at radius 2 is 2.00 bits per heavy atom. The monoisotopic (exact) mass is 318 g/mol. The molecule has 0 spiro atoms. The number of halogens is 1. The molecule has 1 aromatic carbocycles. The van der Waals surface area contributed by atoms with Crippen LogP contribution in [0, 0.1) is 5.92 Å². The van der Waals surface area contributed by atoms with Crippen LogP contribution < -0.4 is 10.5 Å². The first-order chi connectivity index (χ1) is 9.38. The Labute approximate surface area is 122 Å². The van der Waals surface area contributed by atoms with Crippen LogP contribution in [0.25, 0.3) is 0 Å². The molecule has 0 aliphatic carbocycles. The van der Waals surface area contributed by atoms with Crippen LogP contribution in [0.5, 0.6) is 0 Å². The van der Waals surface area contributed by atoms with E-state index in [-0.39, 0.29) is 27.4 Å². The molecule has 8 heteroatoms. The topological polar surface area (TPSA) is 98.5 Å². The third-order valence-corrected chi connectivity index (χ3v) is 4.36. The van der Waals surface area contributed by atoms with Crippen molar-refractivity contribution in [2.75, 3.05) is 18.5 Å². The van der Waals surface area contributed by atoms with Crippen LogP contribution in [0.1, 0.15) is 12.8 Å². The summed E-state index contributed by atoms with van der Waals surface area (Å²) in [7, 11) is -3.83. The maximum atomic E-state index is 12.1. The molecule has 1 aliphatic heterocycles. The number of benzene rings is 1. The van der Waals surface area contributed by atoms with Crippen LogP contribution in [-0.2, 0) is 19.6 Å². The summed E-state index contributed by atoms with van der Waals surface area (Å²) in [5, 5.41) is 7.96. The van der Waals surface area contributed by atoms with Gasteiger partial charge in [0.2, 0.25) is 15.9 Å². The van der Waals surface area contributed by atoms with Crippen LogP contribution in [0.2, 0.25) is 5.02 Å². The van der Waals surface area contributed by atoms with Gasteiger partial charge in [-0.2, -0.15) is 0 Å². The highest BCUT2D eigenvalue weighted by Crippen LogP contribution is 2.26. The maximum Gasteiger partial charge on any atom is 0.238 e. The molecule has 1 heterocycles. The number of anilines is 1. The van der Waals surface area contributed by atoms with Gasteiger partial charge in [-0.3, -0.25) is 4.79 Å². The number of carbonyl (C=O) groups excluding carboxylic acids is 1. The normalized spacial score (nSPS) is 16.9. The summed E-state index contributed by atoms with van der Waals surface area (Å²) >= 11 is 5.95. The van der Waals surface area contributed by atoms with Gasteiger partial charge < -0.3 is 10.1 Å². The number of nitrogens with two attached hydrogens (primary N) is 1. The summed E-state index contributed by atoms with van der Waals surface area (Å²) in [5.41, 5.74) is 0.245. The highest BCUT2D eigenvalue weighted by molar-refractivity contribution is 7.89. The van der Waals surface area contributed by atoms with Crippen molar-refractivity contribution in [2.24, 2.45) is 11.1 Å². The van der Waals surface area contributed by atoms with Gasteiger partial charge in [0, 0.05) is 19.1 Å². The Morgan fingerprint density at radius 1 is 1.35 bits per heavy atom. The summed E-state index contributed by atoms with van der Waals surface area (Å²) in [6.07, 6.45) is 1.27. The molecule has 110 valence electrons. The lowest BCUT2D eigenvalue weighted by Crippen LogP contribution is -2.28. The van der Waals surface area contributed by atoms with Crippen molar-refractivity contribution in [3.05, 3.63) is 23.2 Å². The molecule has 0 radical (unpaired) electrons. The van der Waals surface area contributed by atoms with Gasteiger partial charge in [0.15, 0.2) is 0 Å². The van der Waals surface area contributed by atoms with E-state index in [1.54, 1.807) is 0 Å². The van der Waals surface area contributed by atoms with Crippen molar-refractivity contribution in [1.82, 2.24) is 0 Å². The zero-order valence-corrected chi connectivity index (χ0v) is 12.2. The molecule has 20 heavy (non-hydrogen) atoms. The summed E-state index contributed by atoms with van der Waals surface area (Å²) in [5.74, 6) is -0.347. The number of amides is 1. The third-order valence-electron chi connectivity index (χ3n) is 3.12. The van der Waals surface area contributed by atoms with Crippen LogP contribution in [0.15, 0.2) is 23.1 Å². The van der Waals surface area contributed by atoms with Crippen molar-refractivity contribution >= 4 is 33.2 Å². The van der Waals surface area contributed by atoms with Crippen LogP contribution >= 0.6 is 11.6 Å². The molecule has 0 bridgehead atoms. The minimum Gasteiger partial charge on any atom is -0.381 e. The number of hydrogen-bond acceptors (Lipinski definition) is 4. The summed E-state index contributed by atoms with van der Waals surface area (Å²) in [6, 6.07) is 3.94.